The quantitative estimate of drug-likeness (QED) is 0.568. The lowest BCUT2D eigenvalue weighted by Crippen LogP contribution is -2.68. The fourth-order valence-electron chi connectivity index (χ4n) is 8.28. The van der Waals surface area contributed by atoms with Crippen molar-refractivity contribution in [2.24, 2.45) is 41.5 Å². The minimum Gasteiger partial charge on any atom is -0.438 e. The van der Waals surface area contributed by atoms with E-state index in [2.05, 4.69) is 25.9 Å². The molecule has 1 saturated heterocycles. The summed E-state index contributed by atoms with van der Waals surface area (Å²) in [6.45, 7) is 14.1. The Labute approximate surface area is 230 Å². The number of nitrogens with zero attached hydrogens (tertiary/aromatic N) is 3. The lowest BCUT2D eigenvalue weighted by atomic mass is 9.59. The molecular formula is C30H41N3O6. The van der Waals surface area contributed by atoms with Gasteiger partial charge in [-0.1, -0.05) is 32.9 Å². The second-order valence-corrected chi connectivity index (χ2v) is 13.6. The number of carbonyl (C=O) groups excluding carboxylic acids is 2. The number of Topliss-reactive ketones (excluding diaryl/α,β-unsaturated/α-hetero) is 1. The molecule has 2 bridgehead atoms. The van der Waals surface area contributed by atoms with Crippen LogP contribution >= 0.6 is 0 Å². The normalized spacial score (nSPS) is 41.2. The second-order valence-electron chi connectivity index (χ2n) is 13.6. The number of aliphatic hydroxyl groups is 1. The molecule has 5 aliphatic rings. The number of hydrogen-bond donors (Lipinski definition) is 1. The van der Waals surface area contributed by atoms with E-state index < -0.39 is 35.1 Å². The highest BCUT2D eigenvalue weighted by atomic mass is 16.7. The van der Waals surface area contributed by atoms with Gasteiger partial charge in [-0.3, -0.25) is 14.4 Å². The van der Waals surface area contributed by atoms with Gasteiger partial charge >= 0.3 is 6.09 Å². The first-order valence-electron chi connectivity index (χ1n) is 14.0. The third-order valence-corrected chi connectivity index (χ3v) is 10.6. The highest BCUT2D eigenvalue weighted by Gasteiger charge is 2.77. The van der Waals surface area contributed by atoms with E-state index in [-0.39, 0.29) is 35.6 Å². The van der Waals surface area contributed by atoms with Crippen LogP contribution in [0.5, 0.6) is 0 Å². The molecule has 212 valence electrons. The van der Waals surface area contributed by atoms with Gasteiger partial charge in [-0.05, 0) is 68.4 Å². The summed E-state index contributed by atoms with van der Waals surface area (Å²) in [6, 6.07) is 1.79. The Morgan fingerprint density at radius 3 is 2.59 bits per heavy atom. The number of anilines is 1. The first-order valence-corrected chi connectivity index (χ1v) is 14.0. The molecule has 2 heterocycles. The largest absolute Gasteiger partial charge is 0.438 e. The zero-order valence-corrected chi connectivity index (χ0v) is 24.4. The van der Waals surface area contributed by atoms with E-state index in [1.807, 2.05) is 39.8 Å². The molecule has 1 aromatic heterocycles. The van der Waals surface area contributed by atoms with Crippen molar-refractivity contribution in [3.8, 4) is 0 Å². The molecule has 39 heavy (non-hydrogen) atoms. The number of aromatic nitrogens is 2. The molecule has 2 saturated carbocycles. The number of hydrogen-bond acceptors (Lipinski definition) is 7. The summed E-state index contributed by atoms with van der Waals surface area (Å²) >= 11 is 0. The third-order valence-electron chi connectivity index (χ3n) is 10.6. The predicted molar refractivity (Wildman–Crippen MR) is 144 cm³/mol. The van der Waals surface area contributed by atoms with Gasteiger partial charge in [0.15, 0.2) is 29.1 Å². The molecule has 1 aliphatic heterocycles. The van der Waals surface area contributed by atoms with Gasteiger partial charge in [0.05, 0.1) is 12.0 Å². The first-order chi connectivity index (χ1) is 18.1. The lowest BCUT2D eigenvalue weighted by molar-refractivity contribution is -0.302. The average molecular weight is 540 g/mol. The molecule has 1 N–H and O–H groups in total. The van der Waals surface area contributed by atoms with E-state index in [0.29, 0.717) is 17.3 Å². The lowest BCUT2D eigenvalue weighted by Gasteiger charge is -2.52. The molecule has 4 aliphatic carbocycles. The maximum atomic E-state index is 14.8. The molecule has 0 aromatic carbocycles. The van der Waals surface area contributed by atoms with E-state index in [0.717, 1.165) is 17.7 Å². The van der Waals surface area contributed by atoms with Crippen LogP contribution in [0.25, 0.3) is 0 Å². The third kappa shape index (κ3) is 3.39. The molecule has 1 aromatic rings. The zero-order valence-electron chi connectivity index (χ0n) is 24.4. The number of amides is 1. The first kappa shape index (κ1) is 26.7. The molecule has 9 nitrogen and oxygen atoms in total. The van der Waals surface area contributed by atoms with Crippen LogP contribution in [0.3, 0.4) is 0 Å². The van der Waals surface area contributed by atoms with Crippen molar-refractivity contribution in [1.82, 2.24) is 9.78 Å². The van der Waals surface area contributed by atoms with Crippen LogP contribution in [-0.4, -0.2) is 64.0 Å². The maximum Gasteiger partial charge on any atom is 0.415 e. The van der Waals surface area contributed by atoms with Gasteiger partial charge in [-0.2, -0.15) is 5.10 Å². The van der Waals surface area contributed by atoms with Gasteiger partial charge in [0.1, 0.15) is 6.10 Å². The van der Waals surface area contributed by atoms with Crippen molar-refractivity contribution in [2.45, 2.75) is 78.5 Å². The zero-order chi connectivity index (χ0) is 28.4. The van der Waals surface area contributed by atoms with Crippen LogP contribution < -0.4 is 4.90 Å². The number of ketones is 1. The van der Waals surface area contributed by atoms with E-state index in [1.54, 1.807) is 24.8 Å². The number of fused-ring (bicyclic) bond motifs is 5. The van der Waals surface area contributed by atoms with Crippen molar-refractivity contribution < 1.29 is 28.9 Å². The van der Waals surface area contributed by atoms with Crippen molar-refractivity contribution >= 4 is 17.7 Å². The minimum atomic E-state index is -1.84. The van der Waals surface area contributed by atoms with Crippen molar-refractivity contribution in [1.29, 1.82) is 0 Å². The standard InChI is InChI=1S/C30H41N3O6/c1-15-13-29-16(2)10-20-22(27(20,4)5)19(23(29)34)12-18-14-37-28(6,7)39-25(18)30(29,36)24(15)38-26(35)32(8)21-11-17(3)33(9)31-21/h11-13,16,19-20,22,24-25,36H,10,14H2,1-9H3/t16-,19+,20-,22+,24+,25-,29+,30-/m1/s1. The fraction of sp³-hybridized carbons (Fsp3) is 0.700. The highest BCUT2D eigenvalue weighted by Crippen LogP contribution is 2.72. The predicted octanol–water partition coefficient (Wildman–Crippen LogP) is 3.94. The molecule has 3 fully saturated rings. The van der Waals surface area contributed by atoms with Gasteiger partial charge in [0.2, 0.25) is 0 Å². The Hall–Kier alpha value is -2.49. The smallest absolute Gasteiger partial charge is 0.415 e. The molecule has 0 unspecified atom stereocenters. The summed E-state index contributed by atoms with van der Waals surface area (Å²) in [5, 5.41) is 17.5. The minimum absolute atomic E-state index is 0.00881. The Kier molecular flexibility index (Phi) is 5.51. The van der Waals surface area contributed by atoms with Crippen LogP contribution in [-0.2, 0) is 26.1 Å². The summed E-state index contributed by atoms with van der Waals surface area (Å²) in [4.78, 5) is 29.6. The topological polar surface area (TPSA) is 103 Å². The fourth-order valence-corrected chi connectivity index (χ4v) is 8.28. The van der Waals surface area contributed by atoms with Crippen LogP contribution in [0.4, 0.5) is 10.6 Å². The van der Waals surface area contributed by atoms with Crippen molar-refractivity contribution in [3.05, 3.63) is 35.1 Å². The monoisotopic (exact) mass is 539 g/mol. The van der Waals surface area contributed by atoms with Crippen molar-refractivity contribution in [3.63, 3.8) is 0 Å². The summed E-state index contributed by atoms with van der Waals surface area (Å²) in [5.74, 6) is -0.564. The van der Waals surface area contributed by atoms with Crippen LogP contribution in [0, 0.1) is 41.4 Å². The van der Waals surface area contributed by atoms with Gasteiger partial charge in [-0.15, -0.1) is 0 Å². The van der Waals surface area contributed by atoms with E-state index in [4.69, 9.17) is 14.2 Å². The summed E-state index contributed by atoms with van der Waals surface area (Å²) in [5.41, 5.74) is -0.793. The number of rotatable bonds is 2. The van der Waals surface area contributed by atoms with Gasteiger partial charge < -0.3 is 19.3 Å². The Balaban J connectivity index is 1.47. The highest BCUT2D eigenvalue weighted by molar-refractivity contribution is 5.95. The summed E-state index contributed by atoms with van der Waals surface area (Å²) in [6.07, 6.45) is 2.07. The molecular weight excluding hydrogens is 498 g/mol. The average Bonchev–Trinajstić information content (AvgIpc) is 3.13. The van der Waals surface area contributed by atoms with E-state index in [9.17, 15) is 14.7 Å². The number of carbonyl (C=O) groups is 2. The van der Waals surface area contributed by atoms with E-state index >= 15 is 0 Å². The second kappa shape index (κ2) is 8.04. The van der Waals surface area contributed by atoms with Crippen LogP contribution in [0.1, 0.15) is 53.7 Å². The van der Waals surface area contributed by atoms with Gasteiger partial charge in [-0.25, -0.2) is 4.79 Å². The Morgan fingerprint density at radius 1 is 1.26 bits per heavy atom. The molecule has 8 atom stereocenters. The number of aryl methyl sites for hydroxylation is 2. The SMILES string of the molecule is CC1=C[C@]23C(=O)[C@@H](C=C4COC(C)(C)O[C@H]4[C@]2(O)[C@H]1OC(=O)N(C)c1cc(C)n(C)n1)[C@H]1[C@@H](C[C@H]3C)C1(C)C. The summed E-state index contributed by atoms with van der Waals surface area (Å²) < 4.78 is 20.4. The van der Waals surface area contributed by atoms with Gasteiger partial charge in [0, 0.05) is 31.8 Å². The van der Waals surface area contributed by atoms with Gasteiger partial charge in [0.25, 0.3) is 0 Å². The molecule has 1 amide bonds. The molecule has 1 spiro atoms. The molecule has 6 rings (SSSR count). The maximum absolute atomic E-state index is 14.8. The molecule has 0 radical (unpaired) electrons. The van der Waals surface area contributed by atoms with Crippen molar-refractivity contribution in [2.75, 3.05) is 18.6 Å². The Bertz CT molecular complexity index is 1310. The number of allylic oxidation sites excluding steroid dienone is 1. The molecule has 9 heteroatoms. The van der Waals surface area contributed by atoms with E-state index in [1.165, 1.54) is 4.90 Å². The van der Waals surface area contributed by atoms with Crippen LogP contribution in [0.15, 0.2) is 29.4 Å². The Morgan fingerprint density at radius 2 is 1.95 bits per heavy atom. The van der Waals surface area contributed by atoms with Crippen LogP contribution in [0.2, 0.25) is 0 Å². The number of ether oxygens (including phenoxy) is 3. The summed E-state index contributed by atoms with van der Waals surface area (Å²) in [7, 11) is 3.40.